The Balaban J connectivity index is 2.45. The summed E-state index contributed by atoms with van der Waals surface area (Å²) < 4.78 is 27.3. The van der Waals surface area contributed by atoms with E-state index in [4.69, 9.17) is 23.2 Å². The summed E-state index contributed by atoms with van der Waals surface area (Å²) in [6.45, 7) is 3.46. The standard InChI is InChI=1S/C12H9Cl2F2N3/c1-5-6(2)18-12(11(14)17-5)19-10-8(15)3-7(13)4-9(10)16/h3-4H,1-2H3,(H,18,19). The zero-order chi connectivity index (χ0) is 14.2. The molecule has 0 saturated heterocycles. The molecule has 100 valence electrons. The molecule has 1 heterocycles. The van der Waals surface area contributed by atoms with Gasteiger partial charge in [-0.1, -0.05) is 23.2 Å². The summed E-state index contributed by atoms with van der Waals surface area (Å²) in [5, 5.41) is 2.50. The van der Waals surface area contributed by atoms with Crippen molar-refractivity contribution >= 4 is 34.7 Å². The maximum Gasteiger partial charge on any atom is 0.172 e. The molecule has 19 heavy (non-hydrogen) atoms. The summed E-state index contributed by atoms with van der Waals surface area (Å²) >= 11 is 11.4. The van der Waals surface area contributed by atoms with E-state index in [1.165, 1.54) is 0 Å². The van der Waals surface area contributed by atoms with Gasteiger partial charge in [0.05, 0.1) is 11.4 Å². The van der Waals surface area contributed by atoms with Crippen LogP contribution in [0.5, 0.6) is 0 Å². The van der Waals surface area contributed by atoms with Crippen molar-refractivity contribution in [2.24, 2.45) is 0 Å². The van der Waals surface area contributed by atoms with E-state index in [1.807, 2.05) is 0 Å². The lowest BCUT2D eigenvalue weighted by atomic mass is 10.3. The molecule has 3 nitrogen and oxygen atoms in total. The second-order valence-electron chi connectivity index (χ2n) is 3.90. The summed E-state index contributed by atoms with van der Waals surface area (Å²) in [6.07, 6.45) is 0. The topological polar surface area (TPSA) is 37.8 Å². The molecule has 0 saturated carbocycles. The van der Waals surface area contributed by atoms with Gasteiger partial charge in [-0.15, -0.1) is 0 Å². The van der Waals surface area contributed by atoms with Crippen LogP contribution in [-0.2, 0) is 0 Å². The van der Waals surface area contributed by atoms with Crippen LogP contribution in [0.3, 0.4) is 0 Å². The number of aromatic nitrogens is 2. The molecule has 0 atom stereocenters. The fraction of sp³-hybridized carbons (Fsp3) is 0.167. The van der Waals surface area contributed by atoms with Gasteiger partial charge in [0.25, 0.3) is 0 Å². The highest BCUT2D eigenvalue weighted by Crippen LogP contribution is 2.28. The average Bonchev–Trinajstić information content (AvgIpc) is 2.29. The monoisotopic (exact) mass is 303 g/mol. The number of aryl methyl sites for hydroxylation is 2. The normalized spacial score (nSPS) is 10.6. The molecule has 1 aromatic carbocycles. The molecular weight excluding hydrogens is 295 g/mol. The van der Waals surface area contributed by atoms with E-state index in [2.05, 4.69) is 15.3 Å². The van der Waals surface area contributed by atoms with Gasteiger partial charge in [-0.05, 0) is 26.0 Å². The van der Waals surface area contributed by atoms with Crippen molar-refractivity contribution in [3.63, 3.8) is 0 Å². The van der Waals surface area contributed by atoms with E-state index in [0.29, 0.717) is 11.4 Å². The lowest BCUT2D eigenvalue weighted by Gasteiger charge is -2.11. The molecule has 1 N–H and O–H groups in total. The van der Waals surface area contributed by atoms with E-state index in [0.717, 1.165) is 12.1 Å². The third-order valence-electron chi connectivity index (χ3n) is 2.51. The second kappa shape index (κ2) is 5.27. The van der Waals surface area contributed by atoms with Gasteiger partial charge in [0.1, 0.15) is 5.69 Å². The van der Waals surface area contributed by atoms with Crippen molar-refractivity contribution in [3.05, 3.63) is 45.3 Å². The minimum Gasteiger partial charge on any atom is -0.333 e. The predicted octanol–water partition coefficient (Wildman–Crippen LogP) is 4.42. The van der Waals surface area contributed by atoms with Gasteiger partial charge in [0.15, 0.2) is 22.6 Å². The van der Waals surface area contributed by atoms with Crippen LogP contribution in [0.2, 0.25) is 10.2 Å². The first-order chi connectivity index (χ1) is 8.88. The number of rotatable bonds is 2. The van der Waals surface area contributed by atoms with Crippen molar-refractivity contribution in [3.8, 4) is 0 Å². The molecule has 0 aliphatic carbocycles. The Kier molecular flexibility index (Phi) is 3.87. The van der Waals surface area contributed by atoms with E-state index >= 15 is 0 Å². The number of halogens is 4. The van der Waals surface area contributed by atoms with Gasteiger partial charge < -0.3 is 5.32 Å². The Labute approximate surface area is 118 Å². The van der Waals surface area contributed by atoms with E-state index in [9.17, 15) is 8.78 Å². The van der Waals surface area contributed by atoms with Gasteiger partial charge in [-0.2, -0.15) is 0 Å². The molecule has 2 aromatic rings. The summed E-state index contributed by atoms with van der Waals surface area (Å²) in [4.78, 5) is 8.12. The maximum absolute atomic E-state index is 13.6. The Bertz CT molecular complexity index is 624. The number of nitrogens with one attached hydrogen (secondary N) is 1. The molecule has 0 bridgehead atoms. The highest BCUT2D eigenvalue weighted by Gasteiger charge is 2.14. The Morgan fingerprint density at radius 2 is 1.53 bits per heavy atom. The third kappa shape index (κ3) is 2.93. The van der Waals surface area contributed by atoms with Crippen molar-refractivity contribution < 1.29 is 8.78 Å². The first kappa shape index (κ1) is 14.0. The van der Waals surface area contributed by atoms with Crippen LogP contribution in [-0.4, -0.2) is 9.97 Å². The molecule has 0 unspecified atom stereocenters. The SMILES string of the molecule is Cc1nc(Cl)c(Nc2c(F)cc(Cl)cc2F)nc1C. The smallest absolute Gasteiger partial charge is 0.172 e. The number of hydrogen-bond donors (Lipinski definition) is 1. The van der Waals surface area contributed by atoms with Gasteiger partial charge in [0, 0.05) is 5.02 Å². The van der Waals surface area contributed by atoms with Gasteiger partial charge in [-0.25, -0.2) is 18.7 Å². The molecule has 0 radical (unpaired) electrons. The Morgan fingerprint density at radius 3 is 2.11 bits per heavy atom. The summed E-state index contributed by atoms with van der Waals surface area (Å²) in [7, 11) is 0. The minimum atomic E-state index is -0.832. The van der Waals surface area contributed by atoms with Crippen LogP contribution in [0.25, 0.3) is 0 Å². The zero-order valence-electron chi connectivity index (χ0n) is 10.1. The van der Waals surface area contributed by atoms with Crippen LogP contribution in [0, 0.1) is 25.5 Å². The summed E-state index contributed by atoms with van der Waals surface area (Å²) in [5.74, 6) is -1.58. The molecule has 1 aromatic heterocycles. The second-order valence-corrected chi connectivity index (χ2v) is 4.70. The highest BCUT2D eigenvalue weighted by atomic mass is 35.5. The van der Waals surface area contributed by atoms with Gasteiger partial charge >= 0.3 is 0 Å². The van der Waals surface area contributed by atoms with Crippen LogP contribution in [0.4, 0.5) is 20.3 Å². The fourth-order valence-electron chi connectivity index (χ4n) is 1.44. The molecule has 0 fully saturated rings. The van der Waals surface area contributed by atoms with E-state index in [1.54, 1.807) is 13.8 Å². The molecule has 0 spiro atoms. The summed E-state index contributed by atoms with van der Waals surface area (Å²) in [6, 6.07) is 1.99. The average molecular weight is 304 g/mol. The zero-order valence-corrected chi connectivity index (χ0v) is 11.6. The van der Waals surface area contributed by atoms with Gasteiger partial charge in [-0.3, -0.25) is 0 Å². The lowest BCUT2D eigenvalue weighted by molar-refractivity contribution is 0.590. The lowest BCUT2D eigenvalue weighted by Crippen LogP contribution is -2.04. The number of benzene rings is 1. The predicted molar refractivity (Wildman–Crippen MR) is 71.2 cm³/mol. The van der Waals surface area contributed by atoms with Crippen LogP contribution in [0.1, 0.15) is 11.4 Å². The van der Waals surface area contributed by atoms with E-state index in [-0.39, 0.29) is 21.7 Å². The minimum absolute atomic E-state index is 0.0298. The largest absolute Gasteiger partial charge is 0.333 e. The van der Waals surface area contributed by atoms with Gasteiger partial charge in [0.2, 0.25) is 0 Å². The van der Waals surface area contributed by atoms with Crippen molar-refractivity contribution in [2.75, 3.05) is 5.32 Å². The third-order valence-corrected chi connectivity index (χ3v) is 3.00. The number of hydrogen-bond acceptors (Lipinski definition) is 3. The summed E-state index contributed by atoms with van der Waals surface area (Å²) in [5.41, 5.74) is 0.887. The fourth-order valence-corrected chi connectivity index (χ4v) is 1.84. The molecule has 0 aliphatic heterocycles. The molecule has 2 rings (SSSR count). The van der Waals surface area contributed by atoms with Crippen molar-refractivity contribution in [1.29, 1.82) is 0 Å². The quantitative estimate of drug-likeness (QED) is 0.892. The number of anilines is 2. The van der Waals surface area contributed by atoms with E-state index < -0.39 is 11.6 Å². The van der Waals surface area contributed by atoms with Crippen LogP contribution >= 0.6 is 23.2 Å². The molecular formula is C12H9Cl2F2N3. The van der Waals surface area contributed by atoms with Crippen molar-refractivity contribution in [2.45, 2.75) is 13.8 Å². The molecule has 7 heteroatoms. The highest BCUT2D eigenvalue weighted by molar-refractivity contribution is 6.32. The first-order valence-electron chi connectivity index (χ1n) is 5.31. The van der Waals surface area contributed by atoms with Crippen molar-refractivity contribution in [1.82, 2.24) is 9.97 Å². The Hall–Kier alpha value is -1.46. The number of nitrogens with zero attached hydrogens (tertiary/aromatic N) is 2. The molecule has 0 aliphatic rings. The Morgan fingerprint density at radius 1 is 1.00 bits per heavy atom. The van der Waals surface area contributed by atoms with Crippen LogP contribution < -0.4 is 5.32 Å². The maximum atomic E-state index is 13.6. The van der Waals surface area contributed by atoms with Crippen LogP contribution in [0.15, 0.2) is 12.1 Å². The first-order valence-corrected chi connectivity index (χ1v) is 6.06. The molecule has 0 amide bonds.